The molecule has 0 unspecified atom stereocenters. The maximum Gasteiger partial charge on any atom is 0.318 e. The third kappa shape index (κ3) is 3.53. The van der Waals surface area contributed by atoms with Crippen LogP contribution in [0.1, 0.15) is 54.0 Å². The number of hydrazone groups is 1. The fourth-order valence-electron chi connectivity index (χ4n) is 4.34. The minimum Gasteiger partial charge on any atom is -0.303 e. The van der Waals surface area contributed by atoms with E-state index >= 15 is 0 Å². The van der Waals surface area contributed by atoms with Crippen LogP contribution in [0.4, 0.5) is 5.95 Å². The molecule has 1 aromatic carbocycles. The van der Waals surface area contributed by atoms with Gasteiger partial charge in [0.2, 0.25) is 5.95 Å². The summed E-state index contributed by atoms with van der Waals surface area (Å²) in [5.74, 6) is 0.283. The van der Waals surface area contributed by atoms with Crippen molar-refractivity contribution in [2.24, 2.45) is 12.1 Å². The number of benzene rings is 1. The average molecular weight is 406 g/mol. The highest BCUT2D eigenvalue weighted by atomic mass is 16.2. The summed E-state index contributed by atoms with van der Waals surface area (Å²) >= 11 is 0. The van der Waals surface area contributed by atoms with Crippen LogP contribution in [0.25, 0.3) is 11.2 Å². The molecule has 2 aromatic heterocycles. The van der Waals surface area contributed by atoms with Crippen molar-refractivity contribution < 1.29 is 0 Å². The molecule has 3 aromatic rings. The number of hydrogen-bond donors (Lipinski definition) is 1. The number of aryl methyl sites for hydroxylation is 4. The Morgan fingerprint density at radius 1 is 1.10 bits per heavy atom. The fraction of sp³-hybridized carbons (Fsp3) is 0.409. The number of fused-ring (bicyclic) bond motifs is 1. The second-order valence-corrected chi connectivity index (χ2v) is 8.06. The second-order valence-electron chi connectivity index (χ2n) is 8.06. The van der Waals surface area contributed by atoms with Crippen LogP contribution in [0.5, 0.6) is 0 Å². The predicted molar refractivity (Wildman–Crippen MR) is 118 cm³/mol. The van der Waals surface area contributed by atoms with E-state index in [0.29, 0.717) is 11.2 Å². The van der Waals surface area contributed by atoms with Crippen LogP contribution >= 0.6 is 0 Å². The van der Waals surface area contributed by atoms with E-state index in [2.05, 4.69) is 53.4 Å². The Labute approximate surface area is 174 Å². The molecule has 1 fully saturated rings. The molecule has 30 heavy (non-hydrogen) atoms. The zero-order valence-electron chi connectivity index (χ0n) is 17.8. The third-order valence-electron chi connectivity index (χ3n) is 5.83. The molecule has 2 heterocycles. The van der Waals surface area contributed by atoms with Crippen LogP contribution in [0.15, 0.2) is 33.0 Å². The minimum atomic E-state index is -0.554. The van der Waals surface area contributed by atoms with Gasteiger partial charge in [-0.3, -0.25) is 14.2 Å². The van der Waals surface area contributed by atoms with Gasteiger partial charge in [0.25, 0.3) is 0 Å². The highest BCUT2D eigenvalue weighted by molar-refractivity contribution is 5.84. The van der Waals surface area contributed by atoms with E-state index < -0.39 is 11.1 Å². The molecule has 1 N–H and O–H groups in total. The Hall–Kier alpha value is -3.29. The van der Waals surface area contributed by atoms with Crippen LogP contribution in [-0.2, 0) is 7.05 Å². The lowest BCUT2D eigenvalue weighted by molar-refractivity contribution is 0.507. The van der Waals surface area contributed by atoms with E-state index in [9.17, 15) is 9.59 Å². The smallest absolute Gasteiger partial charge is 0.303 e. The van der Waals surface area contributed by atoms with Gasteiger partial charge in [-0.1, -0.05) is 30.5 Å². The molecule has 8 heteroatoms. The molecule has 0 atom stereocenters. The first kappa shape index (κ1) is 20.0. The Morgan fingerprint density at radius 2 is 1.77 bits per heavy atom. The Kier molecular flexibility index (Phi) is 5.24. The number of nitrogens with zero attached hydrogens (tertiary/aromatic N) is 5. The molecule has 0 bridgehead atoms. The van der Waals surface area contributed by atoms with Crippen molar-refractivity contribution in [3.8, 4) is 0 Å². The highest BCUT2D eigenvalue weighted by Gasteiger charge is 2.23. The Balaban J connectivity index is 1.73. The second kappa shape index (κ2) is 7.85. The standard InChI is InChI=1S/C22H26N6O2/c1-13-9-14(2)17(15(3)10-13)11-24-26-22-23-12-18-19(25-22)28(16-7-5-6-8-16)21(30)20(29)27(18)4/h9-12,16H,5-8H2,1-4H3,(H,23,25,26)/b24-11+. The third-order valence-corrected chi connectivity index (χ3v) is 5.83. The molecule has 0 saturated heterocycles. The SMILES string of the molecule is Cc1cc(C)c(/C=N/Nc2ncc3c(n2)n(C2CCCC2)c(=O)c(=O)n3C)c(C)c1. The van der Waals surface area contributed by atoms with Crippen molar-refractivity contribution in [1.29, 1.82) is 0 Å². The van der Waals surface area contributed by atoms with Gasteiger partial charge in [-0.05, 0) is 44.7 Å². The van der Waals surface area contributed by atoms with Crippen LogP contribution in [0, 0.1) is 20.8 Å². The minimum absolute atomic E-state index is 0.00184. The predicted octanol–water partition coefficient (Wildman–Crippen LogP) is 2.98. The molecule has 8 nitrogen and oxygen atoms in total. The summed E-state index contributed by atoms with van der Waals surface area (Å²) < 4.78 is 2.87. The number of rotatable bonds is 4. The molecule has 0 spiro atoms. The Morgan fingerprint density at radius 3 is 2.43 bits per heavy atom. The van der Waals surface area contributed by atoms with E-state index in [4.69, 9.17) is 0 Å². The largest absolute Gasteiger partial charge is 0.318 e. The first-order chi connectivity index (χ1) is 14.4. The van der Waals surface area contributed by atoms with Crippen molar-refractivity contribution in [2.45, 2.75) is 52.5 Å². The first-order valence-corrected chi connectivity index (χ1v) is 10.2. The summed E-state index contributed by atoms with van der Waals surface area (Å²) in [6, 6.07) is 4.22. The van der Waals surface area contributed by atoms with E-state index in [0.717, 1.165) is 42.4 Å². The summed E-state index contributed by atoms with van der Waals surface area (Å²) in [5, 5.41) is 4.30. The number of anilines is 1. The van der Waals surface area contributed by atoms with Gasteiger partial charge < -0.3 is 4.57 Å². The van der Waals surface area contributed by atoms with E-state index in [1.54, 1.807) is 24.0 Å². The van der Waals surface area contributed by atoms with Gasteiger partial charge >= 0.3 is 11.1 Å². The molecule has 4 rings (SSSR count). The van der Waals surface area contributed by atoms with E-state index in [1.165, 1.54) is 10.1 Å². The molecule has 156 valence electrons. The number of nitrogens with one attached hydrogen (secondary N) is 1. The topological polar surface area (TPSA) is 94.2 Å². The summed E-state index contributed by atoms with van der Waals surface area (Å²) in [4.78, 5) is 33.9. The quantitative estimate of drug-likeness (QED) is 0.408. The lowest BCUT2D eigenvalue weighted by Crippen LogP contribution is -2.42. The molecule has 0 amide bonds. The molecular formula is C22H26N6O2. The average Bonchev–Trinajstić information content (AvgIpc) is 3.22. The van der Waals surface area contributed by atoms with Gasteiger partial charge in [0, 0.05) is 18.7 Å². The van der Waals surface area contributed by atoms with Crippen LogP contribution in [-0.4, -0.2) is 25.3 Å². The number of hydrogen-bond acceptors (Lipinski definition) is 6. The Bertz CT molecular complexity index is 1240. The summed E-state index contributed by atoms with van der Waals surface area (Å²) in [6.07, 6.45) is 7.16. The molecule has 1 saturated carbocycles. The van der Waals surface area contributed by atoms with Crippen molar-refractivity contribution in [1.82, 2.24) is 19.1 Å². The zero-order chi connectivity index (χ0) is 21.4. The van der Waals surface area contributed by atoms with E-state index in [-0.39, 0.29) is 12.0 Å². The van der Waals surface area contributed by atoms with Crippen molar-refractivity contribution in [2.75, 3.05) is 5.43 Å². The number of aromatic nitrogens is 4. The van der Waals surface area contributed by atoms with Crippen molar-refractivity contribution >= 4 is 23.3 Å². The van der Waals surface area contributed by atoms with Gasteiger partial charge in [-0.15, -0.1) is 0 Å². The van der Waals surface area contributed by atoms with Crippen molar-refractivity contribution in [3.63, 3.8) is 0 Å². The van der Waals surface area contributed by atoms with Crippen LogP contribution in [0.2, 0.25) is 0 Å². The van der Waals surface area contributed by atoms with Gasteiger partial charge in [-0.25, -0.2) is 10.4 Å². The normalized spacial score (nSPS) is 14.8. The lowest BCUT2D eigenvalue weighted by Gasteiger charge is -2.17. The summed E-state index contributed by atoms with van der Waals surface area (Å²) in [6.45, 7) is 6.17. The summed E-state index contributed by atoms with van der Waals surface area (Å²) in [7, 11) is 1.57. The molecule has 1 aliphatic carbocycles. The zero-order valence-corrected chi connectivity index (χ0v) is 17.8. The van der Waals surface area contributed by atoms with E-state index in [1.807, 2.05) is 0 Å². The van der Waals surface area contributed by atoms with Gasteiger partial charge in [0.15, 0.2) is 5.65 Å². The maximum atomic E-state index is 12.7. The molecule has 0 aliphatic heterocycles. The lowest BCUT2D eigenvalue weighted by atomic mass is 10.0. The maximum absolute atomic E-state index is 12.7. The highest BCUT2D eigenvalue weighted by Crippen LogP contribution is 2.29. The molecular weight excluding hydrogens is 380 g/mol. The molecule has 0 radical (unpaired) electrons. The van der Waals surface area contributed by atoms with Crippen molar-refractivity contribution in [3.05, 3.63) is 61.3 Å². The van der Waals surface area contributed by atoms with Gasteiger partial charge in [0.1, 0.15) is 5.52 Å². The summed E-state index contributed by atoms with van der Waals surface area (Å²) in [5.41, 5.74) is 7.32. The molecule has 1 aliphatic rings. The van der Waals surface area contributed by atoms with Gasteiger partial charge in [0.05, 0.1) is 12.4 Å². The first-order valence-electron chi connectivity index (χ1n) is 10.2. The van der Waals surface area contributed by atoms with Crippen LogP contribution < -0.4 is 16.5 Å². The van der Waals surface area contributed by atoms with Crippen LogP contribution in [0.3, 0.4) is 0 Å². The fourth-order valence-corrected chi connectivity index (χ4v) is 4.34. The monoisotopic (exact) mass is 406 g/mol. The van der Waals surface area contributed by atoms with Gasteiger partial charge in [-0.2, -0.15) is 10.1 Å².